The van der Waals surface area contributed by atoms with Gasteiger partial charge < -0.3 is 9.47 Å². The van der Waals surface area contributed by atoms with E-state index in [0.717, 1.165) is 18.6 Å². The van der Waals surface area contributed by atoms with E-state index < -0.39 is 0 Å². The van der Waals surface area contributed by atoms with E-state index in [9.17, 15) is 4.79 Å². The normalized spacial score (nSPS) is 24.6. The minimum Gasteiger partial charge on any atom is -0.479 e. The summed E-state index contributed by atoms with van der Waals surface area (Å²) in [5.41, 5.74) is 0.423. The summed E-state index contributed by atoms with van der Waals surface area (Å²) in [7, 11) is 0. The number of carbonyl (C=O) groups is 1. The number of hydrogen-bond donors (Lipinski definition) is 0. The van der Waals surface area contributed by atoms with Gasteiger partial charge in [-0.1, -0.05) is 6.58 Å². The third-order valence-electron chi connectivity index (χ3n) is 1.98. The molecule has 0 spiro atoms. The Bertz CT molecular complexity index is 288. The Morgan fingerprint density at radius 2 is 2.50 bits per heavy atom. The summed E-state index contributed by atoms with van der Waals surface area (Å²) in [5.74, 6) is 1.21. The van der Waals surface area contributed by atoms with Crippen molar-refractivity contribution in [1.82, 2.24) is 0 Å². The molecule has 0 aromatic rings. The number of hydrogen-bond acceptors (Lipinski definition) is 3. The highest BCUT2D eigenvalue weighted by molar-refractivity contribution is 5.87. The molecule has 0 saturated carbocycles. The summed E-state index contributed by atoms with van der Waals surface area (Å²) < 4.78 is 10.2. The zero-order valence-electron chi connectivity index (χ0n) is 6.92. The summed E-state index contributed by atoms with van der Waals surface area (Å²) in [6.45, 7) is 5.13. The Balaban J connectivity index is 2.00. The molecular formula is C9H10O3. The molecule has 0 radical (unpaired) electrons. The van der Waals surface area contributed by atoms with E-state index in [-0.39, 0.29) is 12.1 Å². The number of epoxide rings is 1. The number of rotatable bonds is 2. The van der Waals surface area contributed by atoms with Crippen molar-refractivity contribution in [2.75, 3.05) is 0 Å². The minimum atomic E-state index is -0.353. The molecule has 3 heteroatoms. The molecule has 1 unspecified atom stereocenters. The summed E-state index contributed by atoms with van der Waals surface area (Å²) >= 11 is 0. The molecule has 2 rings (SSSR count). The van der Waals surface area contributed by atoms with E-state index in [1.807, 2.05) is 0 Å². The first-order chi connectivity index (χ1) is 5.68. The molecule has 3 nitrogen and oxygen atoms in total. The van der Waals surface area contributed by atoms with Gasteiger partial charge in [-0.15, -0.1) is 0 Å². The molecule has 12 heavy (non-hydrogen) atoms. The SMILES string of the molecule is C=C(C)C(=O)OC1=C2OC2CC1. The highest BCUT2D eigenvalue weighted by Crippen LogP contribution is 2.43. The average Bonchev–Trinajstić information content (AvgIpc) is 2.70. The fourth-order valence-electron chi connectivity index (χ4n) is 1.24. The lowest BCUT2D eigenvalue weighted by molar-refractivity contribution is -0.135. The van der Waals surface area contributed by atoms with E-state index in [4.69, 9.17) is 9.47 Å². The predicted molar refractivity (Wildman–Crippen MR) is 42.0 cm³/mol. The molecule has 0 aromatic carbocycles. The van der Waals surface area contributed by atoms with Crippen LogP contribution in [0.25, 0.3) is 0 Å². The maximum absolute atomic E-state index is 11.1. The first-order valence-electron chi connectivity index (χ1n) is 3.96. The molecule has 1 saturated heterocycles. The predicted octanol–water partition coefficient (Wildman–Crippen LogP) is 1.51. The molecule has 0 amide bonds. The molecule has 64 valence electrons. The fourth-order valence-corrected chi connectivity index (χ4v) is 1.24. The van der Waals surface area contributed by atoms with E-state index in [1.54, 1.807) is 6.92 Å². The second kappa shape index (κ2) is 2.37. The quantitative estimate of drug-likeness (QED) is 0.354. The molecule has 1 fully saturated rings. The van der Waals surface area contributed by atoms with Crippen LogP contribution in [-0.2, 0) is 14.3 Å². The Morgan fingerprint density at radius 3 is 2.92 bits per heavy atom. The van der Waals surface area contributed by atoms with Gasteiger partial charge in [0.05, 0.1) is 0 Å². The van der Waals surface area contributed by atoms with E-state index in [0.29, 0.717) is 11.3 Å². The Kier molecular flexibility index (Phi) is 1.46. The van der Waals surface area contributed by atoms with Gasteiger partial charge in [0, 0.05) is 12.0 Å². The smallest absolute Gasteiger partial charge is 0.338 e. The Labute approximate surface area is 70.7 Å². The van der Waals surface area contributed by atoms with Crippen LogP contribution in [0.4, 0.5) is 0 Å². The van der Waals surface area contributed by atoms with Gasteiger partial charge in [-0.25, -0.2) is 4.79 Å². The second-order valence-corrected chi connectivity index (χ2v) is 3.10. The third kappa shape index (κ3) is 1.11. The maximum atomic E-state index is 11.1. The fraction of sp³-hybridized carbons (Fsp3) is 0.444. The zero-order chi connectivity index (χ0) is 8.72. The molecule has 0 bridgehead atoms. The molecule has 0 N–H and O–H groups in total. The van der Waals surface area contributed by atoms with Gasteiger partial charge in [-0.3, -0.25) is 0 Å². The molecule has 1 heterocycles. The van der Waals surface area contributed by atoms with Crippen molar-refractivity contribution in [3.05, 3.63) is 23.7 Å². The summed E-state index contributed by atoms with van der Waals surface area (Å²) in [6.07, 6.45) is 2.02. The van der Waals surface area contributed by atoms with Crippen molar-refractivity contribution in [2.45, 2.75) is 25.9 Å². The topological polar surface area (TPSA) is 38.8 Å². The largest absolute Gasteiger partial charge is 0.479 e. The molecule has 1 atom stereocenters. The van der Waals surface area contributed by atoms with Gasteiger partial charge in [0.1, 0.15) is 5.76 Å². The van der Waals surface area contributed by atoms with E-state index >= 15 is 0 Å². The van der Waals surface area contributed by atoms with Crippen LogP contribution in [0.5, 0.6) is 0 Å². The maximum Gasteiger partial charge on any atom is 0.338 e. The summed E-state index contributed by atoms with van der Waals surface area (Å²) in [5, 5.41) is 0. The van der Waals surface area contributed by atoms with Gasteiger partial charge in [0.15, 0.2) is 11.9 Å². The second-order valence-electron chi connectivity index (χ2n) is 3.10. The van der Waals surface area contributed by atoms with Gasteiger partial charge in [-0.2, -0.15) is 0 Å². The van der Waals surface area contributed by atoms with Crippen LogP contribution in [-0.4, -0.2) is 12.1 Å². The molecule has 1 aliphatic heterocycles. The first kappa shape index (κ1) is 7.40. The number of ether oxygens (including phenoxy) is 2. The third-order valence-corrected chi connectivity index (χ3v) is 1.98. The lowest BCUT2D eigenvalue weighted by Crippen LogP contribution is -2.04. The highest BCUT2D eigenvalue weighted by Gasteiger charge is 2.43. The summed E-state index contributed by atoms with van der Waals surface area (Å²) in [6, 6.07) is 0. The standard InChI is InChI=1S/C9H10O3/c1-5(2)9(10)12-7-4-3-6-8(7)11-6/h6H,1,3-4H2,2H3. The van der Waals surface area contributed by atoms with E-state index in [1.165, 1.54) is 0 Å². The van der Waals surface area contributed by atoms with Crippen LogP contribution in [0.3, 0.4) is 0 Å². The number of carbonyl (C=O) groups excluding carboxylic acids is 1. The zero-order valence-corrected chi connectivity index (χ0v) is 6.92. The van der Waals surface area contributed by atoms with Gasteiger partial charge in [-0.05, 0) is 13.3 Å². The van der Waals surface area contributed by atoms with Crippen molar-refractivity contribution in [3.8, 4) is 0 Å². The summed E-state index contributed by atoms with van der Waals surface area (Å²) in [4.78, 5) is 11.1. The van der Waals surface area contributed by atoms with Crippen LogP contribution in [0.1, 0.15) is 19.8 Å². The van der Waals surface area contributed by atoms with Gasteiger partial charge >= 0.3 is 5.97 Å². The molecule has 0 aromatic heterocycles. The van der Waals surface area contributed by atoms with Crippen LogP contribution >= 0.6 is 0 Å². The lowest BCUT2D eigenvalue weighted by atomic mass is 10.3. The lowest BCUT2D eigenvalue weighted by Gasteiger charge is -2.03. The van der Waals surface area contributed by atoms with Gasteiger partial charge in [0.2, 0.25) is 0 Å². The van der Waals surface area contributed by atoms with Crippen molar-refractivity contribution in [2.24, 2.45) is 0 Å². The van der Waals surface area contributed by atoms with Crippen molar-refractivity contribution < 1.29 is 14.3 Å². The van der Waals surface area contributed by atoms with Crippen LogP contribution in [0.15, 0.2) is 23.7 Å². The van der Waals surface area contributed by atoms with Crippen molar-refractivity contribution in [3.63, 3.8) is 0 Å². The molecular weight excluding hydrogens is 156 g/mol. The Morgan fingerprint density at radius 1 is 1.75 bits per heavy atom. The minimum absolute atomic E-state index is 0.248. The molecule has 1 aliphatic carbocycles. The number of fused-ring (bicyclic) bond motifs is 1. The van der Waals surface area contributed by atoms with Crippen LogP contribution in [0.2, 0.25) is 0 Å². The highest BCUT2D eigenvalue weighted by atomic mass is 16.6. The Hall–Kier alpha value is -1.25. The van der Waals surface area contributed by atoms with Gasteiger partial charge in [0.25, 0.3) is 0 Å². The van der Waals surface area contributed by atoms with Crippen molar-refractivity contribution in [1.29, 1.82) is 0 Å². The number of esters is 1. The number of allylic oxidation sites excluding steroid dienone is 1. The monoisotopic (exact) mass is 166 g/mol. The van der Waals surface area contributed by atoms with E-state index in [2.05, 4.69) is 6.58 Å². The van der Waals surface area contributed by atoms with Crippen LogP contribution < -0.4 is 0 Å². The molecule has 2 aliphatic rings. The van der Waals surface area contributed by atoms with Crippen LogP contribution in [0, 0.1) is 0 Å². The van der Waals surface area contributed by atoms with Crippen molar-refractivity contribution >= 4 is 5.97 Å². The average molecular weight is 166 g/mol. The first-order valence-corrected chi connectivity index (χ1v) is 3.96.